The van der Waals surface area contributed by atoms with Gasteiger partial charge in [-0.1, -0.05) is 206 Å². The van der Waals surface area contributed by atoms with Gasteiger partial charge in [0.1, 0.15) is 11.2 Å². The molecule has 0 radical (unpaired) electrons. The third-order valence-corrected chi connectivity index (χ3v) is 16.5. The Bertz CT molecular complexity index is 3230. The highest BCUT2D eigenvalue weighted by Gasteiger charge is 2.41. The van der Waals surface area contributed by atoms with Crippen molar-refractivity contribution in [3.8, 4) is 45.3 Å². The highest BCUT2D eigenvalue weighted by molar-refractivity contribution is 7.19. The second-order valence-corrected chi connectivity index (χ2v) is 18.9. The minimum absolute atomic E-state index is 0.594. The summed E-state index contributed by atoms with van der Waals surface area (Å²) in [5.74, 6) is 1.82. The number of hydrogen-bond donors (Lipinski definition) is 0. The predicted octanol–water partition coefficient (Wildman–Crippen LogP) is 11.0. The zero-order chi connectivity index (χ0) is 39.9. The van der Waals surface area contributed by atoms with E-state index in [1.807, 2.05) is 30.3 Å². The van der Waals surface area contributed by atoms with E-state index in [-0.39, 0.29) is 0 Å². The fourth-order valence-electron chi connectivity index (χ4n) is 8.96. The fourth-order valence-corrected chi connectivity index (χ4v) is 13.8. The van der Waals surface area contributed by atoms with E-state index in [4.69, 9.17) is 19.4 Å². The highest BCUT2D eigenvalue weighted by atomic mass is 28.3. The summed E-state index contributed by atoms with van der Waals surface area (Å²) in [6.07, 6.45) is 0. The van der Waals surface area contributed by atoms with E-state index in [0.717, 1.165) is 60.5 Å². The molecule has 2 aromatic heterocycles. The summed E-state index contributed by atoms with van der Waals surface area (Å²) >= 11 is 0. The minimum atomic E-state index is -2.73. The number of rotatable bonds is 8. The summed E-state index contributed by atoms with van der Waals surface area (Å²) in [6, 6.07) is 79.9. The predicted molar refractivity (Wildman–Crippen MR) is 250 cm³/mol. The van der Waals surface area contributed by atoms with Gasteiger partial charge < -0.3 is 4.42 Å². The first kappa shape index (κ1) is 35.4. The lowest BCUT2D eigenvalue weighted by molar-refractivity contribution is 0.669. The molecule has 0 bridgehead atoms. The number of nitrogens with zero attached hydrogens (tertiary/aromatic N) is 3. The third kappa shape index (κ3) is 6.03. The van der Waals surface area contributed by atoms with Crippen molar-refractivity contribution in [3.05, 3.63) is 224 Å². The molecule has 0 atom stereocenters. The van der Waals surface area contributed by atoms with Gasteiger partial charge >= 0.3 is 0 Å². The van der Waals surface area contributed by atoms with Gasteiger partial charge in [-0.3, -0.25) is 0 Å². The molecule has 282 valence electrons. The van der Waals surface area contributed by atoms with Crippen LogP contribution in [-0.4, -0.2) is 23.0 Å². The molecular formula is C55H37N3OSi. The van der Waals surface area contributed by atoms with Crippen LogP contribution in [0.4, 0.5) is 0 Å². The summed E-state index contributed by atoms with van der Waals surface area (Å²) in [6.45, 7) is 0. The molecule has 0 saturated carbocycles. The van der Waals surface area contributed by atoms with Crippen molar-refractivity contribution in [2.24, 2.45) is 0 Å². The SMILES string of the molecule is c1ccc([Si](c2ccccc2)(c2ccccc2)c2cccc(-c3cccc(-c4nc(-c5cccc6ccccc56)nc(-c5cccc6oc7ccccc7c56)n4)c3)c2)cc1. The monoisotopic (exact) mass is 783 g/mol. The Balaban J connectivity index is 1.10. The average molecular weight is 784 g/mol. The lowest BCUT2D eigenvalue weighted by Crippen LogP contribution is -2.74. The van der Waals surface area contributed by atoms with Gasteiger partial charge in [0, 0.05) is 27.5 Å². The first-order valence-electron chi connectivity index (χ1n) is 20.3. The number of furan rings is 1. The van der Waals surface area contributed by atoms with Crippen LogP contribution in [0.15, 0.2) is 229 Å². The van der Waals surface area contributed by atoms with Gasteiger partial charge in [0.2, 0.25) is 0 Å². The van der Waals surface area contributed by atoms with E-state index in [1.165, 1.54) is 20.7 Å². The topological polar surface area (TPSA) is 51.8 Å². The summed E-state index contributed by atoms with van der Waals surface area (Å²) in [7, 11) is -2.73. The highest BCUT2D eigenvalue weighted by Crippen LogP contribution is 2.37. The molecule has 0 amide bonds. The van der Waals surface area contributed by atoms with E-state index in [2.05, 4.69) is 194 Å². The lowest BCUT2D eigenvalue weighted by atomic mass is 10.0. The maximum Gasteiger partial charge on any atom is 0.179 e. The summed E-state index contributed by atoms with van der Waals surface area (Å²) in [5, 5.41) is 9.57. The third-order valence-electron chi connectivity index (χ3n) is 11.7. The molecule has 0 fully saturated rings. The zero-order valence-electron chi connectivity index (χ0n) is 32.6. The van der Waals surface area contributed by atoms with Gasteiger partial charge in [-0.2, -0.15) is 0 Å². The van der Waals surface area contributed by atoms with Gasteiger partial charge in [-0.25, -0.2) is 15.0 Å². The smallest absolute Gasteiger partial charge is 0.179 e. The van der Waals surface area contributed by atoms with Gasteiger partial charge in [0.25, 0.3) is 0 Å². The van der Waals surface area contributed by atoms with E-state index in [1.54, 1.807) is 0 Å². The van der Waals surface area contributed by atoms with Crippen molar-refractivity contribution < 1.29 is 4.42 Å². The van der Waals surface area contributed by atoms with E-state index >= 15 is 0 Å². The summed E-state index contributed by atoms with van der Waals surface area (Å²) in [4.78, 5) is 15.8. The molecule has 0 aliphatic heterocycles. The molecule has 0 spiro atoms. The van der Waals surface area contributed by atoms with Crippen molar-refractivity contribution in [2.75, 3.05) is 0 Å². The first-order chi connectivity index (χ1) is 29.7. The van der Waals surface area contributed by atoms with E-state index < -0.39 is 8.07 Å². The number of para-hydroxylation sites is 1. The van der Waals surface area contributed by atoms with E-state index in [9.17, 15) is 0 Å². The first-order valence-corrected chi connectivity index (χ1v) is 22.3. The molecular weight excluding hydrogens is 747 g/mol. The Morgan fingerprint density at radius 3 is 1.50 bits per heavy atom. The normalized spacial score (nSPS) is 11.7. The van der Waals surface area contributed by atoms with Crippen molar-refractivity contribution in [1.29, 1.82) is 0 Å². The number of aromatic nitrogens is 3. The van der Waals surface area contributed by atoms with Crippen LogP contribution in [0.2, 0.25) is 0 Å². The molecule has 4 nitrogen and oxygen atoms in total. The van der Waals surface area contributed by atoms with Crippen LogP contribution in [0, 0.1) is 0 Å². The molecule has 2 heterocycles. The van der Waals surface area contributed by atoms with Gasteiger partial charge in [0.15, 0.2) is 25.5 Å². The van der Waals surface area contributed by atoms with Crippen molar-refractivity contribution in [3.63, 3.8) is 0 Å². The molecule has 11 rings (SSSR count). The summed E-state index contributed by atoms with van der Waals surface area (Å²) < 4.78 is 6.32. The van der Waals surface area contributed by atoms with Crippen LogP contribution in [0.25, 0.3) is 78.0 Å². The average Bonchev–Trinajstić information content (AvgIpc) is 3.72. The van der Waals surface area contributed by atoms with E-state index in [0.29, 0.717) is 17.5 Å². The van der Waals surface area contributed by atoms with Crippen LogP contribution < -0.4 is 20.7 Å². The Hall–Kier alpha value is -7.73. The molecule has 11 aromatic rings. The Kier molecular flexibility index (Phi) is 8.79. The molecule has 0 aliphatic carbocycles. The number of fused-ring (bicyclic) bond motifs is 4. The quantitative estimate of drug-likeness (QED) is 0.114. The number of benzene rings is 9. The minimum Gasteiger partial charge on any atom is -0.456 e. The van der Waals surface area contributed by atoms with Gasteiger partial charge in [0.05, 0.1) is 0 Å². The molecule has 0 unspecified atom stereocenters. The lowest BCUT2D eigenvalue weighted by Gasteiger charge is -2.34. The molecule has 60 heavy (non-hydrogen) atoms. The van der Waals surface area contributed by atoms with Crippen molar-refractivity contribution >= 4 is 61.5 Å². The maximum atomic E-state index is 6.32. The molecule has 9 aromatic carbocycles. The molecule has 0 N–H and O–H groups in total. The second-order valence-electron chi connectivity index (χ2n) is 15.1. The second kappa shape index (κ2) is 14.9. The largest absolute Gasteiger partial charge is 0.456 e. The summed E-state index contributed by atoms with van der Waals surface area (Å²) in [5.41, 5.74) is 6.61. The van der Waals surface area contributed by atoms with Crippen LogP contribution >= 0.6 is 0 Å². The Morgan fingerprint density at radius 1 is 0.317 bits per heavy atom. The van der Waals surface area contributed by atoms with Crippen molar-refractivity contribution in [2.45, 2.75) is 0 Å². The molecule has 0 aliphatic rings. The Morgan fingerprint density at radius 2 is 0.783 bits per heavy atom. The van der Waals surface area contributed by atoms with Crippen LogP contribution in [0.1, 0.15) is 0 Å². The van der Waals surface area contributed by atoms with Gasteiger partial charge in [-0.15, -0.1) is 0 Å². The van der Waals surface area contributed by atoms with Crippen molar-refractivity contribution in [1.82, 2.24) is 15.0 Å². The molecule has 0 saturated heterocycles. The molecule has 5 heteroatoms. The Labute approximate surface area is 349 Å². The fraction of sp³-hybridized carbons (Fsp3) is 0. The van der Waals surface area contributed by atoms with Crippen LogP contribution in [-0.2, 0) is 0 Å². The maximum absolute atomic E-state index is 6.32. The standard InChI is InChI=1S/C55H37N3OSi/c1-4-23-42(24-5-1)60(43-25-6-2-7-26-43,44-27-8-3-9-28-44)45-29-15-21-40(37-45)39-20-14-22-41(36-39)53-56-54(47-32-16-19-38-18-10-11-30-46(38)47)58-55(57-53)49-33-17-35-51-52(49)48-31-12-13-34-50(48)59-51/h1-37H. The number of hydrogen-bond acceptors (Lipinski definition) is 4. The van der Waals surface area contributed by atoms with Gasteiger partial charge in [-0.05, 0) is 60.8 Å². The zero-order valence-corrected chi connectivity index (χ0v) is 33.6. The van der Waals surface area contributed by atoms with Crippen LogP contribution in [0.3, 0.4) is 0 Å². The van der Waals surface area contributed by atoms with Crippen LogP contribution in [0.5, 0.6) is 0 Å².